The third-order valence-electron chi connectivity index (χ3n) is 4.46. The van der Waals surface area contributed by atoms with Crippen LogP contribution in [-0.4, -0.2) is 12.1 Å². The van der Waals surface area contributed by atoms with Gasteiger partial charge in [-0.05, 0) is 115 Å². The molecule has 0 fully saturated rings. The molecule has 1 aromatic heterocycles. The zero-order valence-corrected chi connectivity index (χ0v) is 24.8. The van der Waals surface area contributed by atoms with Crippen molar-refractivity contribution in [2.45, 2.75) is 6.61 Å². The van der Waals surface area contributed by atoms with Gasteiger partial charge in [-0.25, -0.2) is 5.43 Å². The number of hydrogen-bond donors (Lipinski definition) is 1. The van der Waals surface area contributed by atoms with Crippen LogP contribution in [0, 0.1) is 7.14 Å². The molecule has 0 bridgehead atoms. The van der Waals surface area contributed by atoms with Crippen molar-refractivity contribution in [3.8, 4) is 5.75 Å². The predicted octanol–water partition coefficient (Wildman–Crippen LogP) is 8.16. The SMILES string of the molecule is O=C(N/N=C\c1cc(I)c(OCc2ccc(Cl)cc2)c(I)c1)c1cc2cc(Br)cc(Br)c2o1. The van der Waals surface area contributed by atoms with Gasteiger partial charge in [-0.2, -0.15) is 5.10 Å². The molecule has 4 rings (SSSR count). The van der Waals surface area contributed by atoms with Gasteiger partial charge in [0.25, 0.3) is 0 Å². The maximum absolute atomic E-state index is 12.5. The molecule has 4 aromatic rings. The van der Waals surface area contributed by atoms with E-state index in [0.29, 0.717) is 17.2 Å². The van der Waals surface area contributed by atoms with Crippen LogP contribution in [0.1, 0.15) is 21.7 Å². The number of rotatable bonds is 6. The number of benzene rings is 3. The number of nitrogens with one attached hydrogen (secondary N) is 1. The highest BCUT2D eigenvalue weighted by molar-refractivity contribution is 14.1. The normalized spacial score (nSPS) is 11.3. The van der Waals surface area contributed by atoms with Crippen molar-refractivity contribution in [3.05, 3.63) is 92.6 Å². The van der Waals surface area contributed by atoms with Gasteiger partial charge in [0.15, 0.2) is 5.76 Å². The van der Waals surface area contributed by atoms with Gasteiger partial charge in [0.05, 0.1) is 17.8 Å². The van der Waals surface area contributed by atoms with Crippen LogP contribution < -0.4 is 10.2 Å². The van der Waals surface area contributed by atoms with Crippen molar-refractivity contribution in [2.24, 2.45) is 5.10 Å². The molecule has 33 heavy (non-hydrogen) atoms. The molecule has 0 saturated heterocycles. The Morgan fingerprint density at radius 1 is 1.09 bits per heavy atom. The zero-order chi connectivity index (χ0) is 23.5. The summed E-state index contributed by atoms with van der Waals surface area (Å²) in [5.74, 6) is 0.542. The molecule has 3 aromatic carbocycles. The minimum absolute atomic E-state index is 0.177. The molecule has 10 heteroatoms. The fraction of sp³-hybridized carbons (Fsp3) is 0.0435. The number of carbonyl (C=O) groups is 1. The summed E-state index contributed by atoms with van der Waals surface area (Å²) in [6, 6.07) is 16.8. The van der Waals surface area contributed by atoms with Crippen LogP contribution in [0.25, 0.3) is 11.0 Å². The lowest BCUT2D eigenvalue weighted by molar-refractivity contribution is 0.0929. The van der Waals surface area contributed by atoms with Crippen LogP contribution in [0.4, 0.5) is 0 Å². The number of carbonyl (C=O) groups excluding carboxylic acids is 1. The molecular formula is C23H13Br2ClI2N2O3. The van der Waals surface area contributed by atoms with E-state index in [4.69, 9.17) is 20.8 Å². The number of ether oxygens (including phenoxy) is 1. The predicted molar refractivity (Wildman–Crippen MR) is 154 cm³/mol. The van der Waals surface area contributed by atoms with E-state index >= 15 is 0 Å². The fourth-order valence-electron chi connectivity index (χ4n) is 2.94. The summed E-state index contributed by atoms with van der Waals surface area (Å²) < 4.78 is 15.2. The highest BCUT2D eigenvalue weighted by Gasteiger charge is 2.14. The highest BCUT2D eigenvalue weighted by atomic mass is 127. The van der Waals surface area contributed by atoms with Crippen molar-refractivity contribution in [2.75, 3.05) is 0 Å². The van der Waals surface area contributed by atoms with Gasteiger partial charge in [0.2, 0.25) is 0 Å². The number of furan rings is 1. The van der Waals surface area contributed by atoms with Gasteiger partial charge < -0.3 is 9.15 Å². The molecule has 0 aliphatic heterocycles. The highest BCUT2D eigenvalue weighted by Crippen LogP contribution is 2.31. The van der Waals surface area contributed by atoms with E-state index in [1.807, 2.05) is 48.5 Å². The molecule has 0 unspecified atom stereocenters. The van der Waals surface area contributed by atoms with Crippen molar-refractivity contribution < 1.29 is 13.9 Å². The Morgan fingerprint density at radius 3 is 2.48 bits per heavy atom. The summed E-state index contributed by atoms with van der Waals surface area (Å²) in [4.78, 5) is 12.5. The van der Waals surface area contributed by atoms with E-state index in [0.717, 1.165) is 38.3 Å². The van der Waals surface area contributed by atoms with Gasteiger partial charge in [0.1, 0.15) is 17.9 Å². The second kappa shape index (κ2) is 11.1. The number of hydrogen-bond acceptors (Lipinski definition) is 4. The molecule has 0 aliphatic rings. The van der Waals surface area contributed by atoms with Crippen LogP contribution >= 0.6 is 88.6 Å². The second-order valence-corrected chi connectivity index (χ2v) is 11.4. The van der Waals surface area contributed by atoms with Crippen LogP contribution in [0.3, 0.4) is 0 Å². The Hall–Kier alpha value is -1.15. The van der Waals surface area contributed by atoms with E-state index in [9.17, 15) is 4.79 Å². The first-order valence-electron chi connectivity index (χ1n) is 9.38. The maximum Gasteiger partial charge on any atom is 0.307 e. The Balaban J connectivity index is 1.42. The molecule has 5 nitrogen and oxygen atoms in total. The van der Waals surface area contributed by atoms with Crippen LogP contribution in [0.5, 0.6) is 5.75 Å². The van der Waals surface area contributed by atoms with Gasteiger partial charge in [-0.3, -0.25) is 4.79 Å². The number of nitrogens with zero attached hydrogens (tertiary/aromatic N) is 1. The molecule has 0 radical (unpaired) electrons. The average Bonchev–Trinajstić information content (AvgIpc) is 3.19. The molecule has 0 aliphatic carbocycles. The van der Waals surface area contributed by atoms with Crippen LogP contribution in [0.2, 0.25) is 5.02 Å². The molecule has 1 heterocycles. The van der Waals surface area contributed by atoms with Gasteiger partial charge in [-0.15, -0.1) is 0 Å². The number of fused-ring (bicyclic) bond motifs is 1. The molecule has 0 atom stereocenters. The quantitative estimate of drug-likeness (QED) is 0.122. The molecule has 1 amide bonds. The fourth-order valence-corrected chi connectivity index (χ4v) is 6.53. The monoisotopic (exact) mass is 812 g/mol. The van der Waals surface area contributed by atoms with Crippen LogP contribution in [0.15, 0.2) is 73.1 Å². The molecular weight excluding hydrogens is 801 g/mol. The largest absolute Gasteiger partial charge is 0.487 e. The van der Waals surface area contributed by atoms with E-state index in [1.54, 1.807) is 12.3 Å². The second-order valence-electron chi connectivity index (χ2n) is 6.84. The third kappa shape index (κ3) is 6.30. The van der Waals surface area contributed by atoms with E-state index in [-0.39, 0.29) is 5.76 Å². The topological polar surface area (TPSA) is 63.8 Å². The first-order valence-corrected chi connectivity index (χ1v) is 13.5. The van der Waals surface area contributed by atoms with E-state index < -0.39 is 5.91 Å². The molecule has 0 saturated carbocycles. The minimum Gasteiger partial charge on any atom is -0.487 e. The summed E-state index contributed by atoms with van der Waals surface area (Å²) in [5.41, 5.74) is 4.98. The average molecular weight is 814 g/mol. The van der Waals surface area contributed by atoms with Crippen LogP contribution in [-0.2, 0) is 6.61 Å². The number of halogens is 5. The summed E-state index contributed by atoms with van der Waals surface area (Å²) in [6.07, 6.45) is 1.58. The summed E-state index contributed by atoms with van der Waals surface area (Å²) in [5, 5.41) is 5.58. The Morgan fingerprint density at radius 2 is 1.79 bits per heavy atom. The first kappa shape index (κ1) is 25.0. The molecule has 168 valence electrons. The first-order chi connectivity index (χ1) is 15.8. The van der Waals surface area contributed by atoms with Gasteiger partial charge in [-0.1, -0.05) is 39.7 Å². The number of hydrazone groups is 1. The van der Waals surface area contributed by atoms with Gasteiger partial charge in [0, 0.05) is 14.9 Å². The zero-order valence-electron chi connectivity index (χ0n) is 16.5. The Bertz CT molecular complexity index is 1350. The smallest absolute Gasteiger partial charge is 0.307 e. The van der Waals surface area contributed by atoms with Crippen molar-refractivity contribution in [1.29, 1.82) is 0 Å². The van der Waals surface area contributed by atoms with Crippen molar-refractivity contribution in [1.82, 2.24) is 5.43 Å². The van der Waals surface area contributed by atoms with Crippen molar-refractivity contribution >= 4 is 112 Å². The molecule has 0 spiro atoms. The number of amides is 1. The maximum atomic E-state index is 12.5. The lowest BCUT2D eigenvalue weighted by Crippen LogP contribution is -2.16. The van der Waals surface area contributed by atoms with E-state index in [1.165, 1.54) is 0 Å². The van der Waals surface area contributed by atoms with E-state index in [2.05, 4.69) is 87.6 Å². The summed E-state index contributed by atoms with van der Waals surface area (Å²) in [6.45, 7) is 0.441. The summed E-state index contributed by atoms with van der Waals surface area (Å²) >= 11 is 17.2. The Kier molecular flexibility index (Phi) is 8.37. The lowest BCUT2D eigenvalue weighted by Gasteiger charge is -2.11. The lowest BCUT2D eigenvalue weighted by atomic mass is 10.2. The minimum atomic E-state index is -0.433. The Labute approximate surface area is 238 Å². The van der Waals surface area contributed by atoms with Crippen molar-refractivity contribution in [3.63, 3.8) is 0 Å². The summed E-state index contributed by atoms with van der Waals surface area (Å²) in [7, 11) is 0. The van der Waals surface area contributed by atoms with Gasteiger partial charge >= 0.3 is 5.91 Å². The molecule has 1 N–H and O–H groups in total. The standard InChI is InChI=1S/C23H13Br2ClI2N2O3/c24-15-7-14-8-20(33-21(14)17(25)9-15)23(31)30-29-10-13-5-18(27)22(19(28)6-13)32-11-12-1-3-16(26)4-2-12/h1-10H,11H2,(H,30,31)/b29-10-. The third-order valence-corrected chi connectivity index (χ3v) is 7.36.